The molecule has 0 amide bonds. The third-order valence-corrected chi connectivity index (χ3v) is 3.99. The second-order valence-electron chi connectivity index (χ2n) is 4.69. The minimum Gasteiger partial charge on any atom is -0.484 e. The lowest BCUT2D eigenvalue weighted by Crippen LogP contribution is -2.19. The summed E-state index contributed by atoms with van der Waals surface area (Å²) in [4.78, 5) is 4.44. The Kier molecular flexibility index (Phi) is 2.84. The van der Waals surface area contributed by atoms with E-state index in [1.807, 2.05) is 37.4 Å². The molecule has 1 aromatic heterocycles. The minimum atomic E-state index is -0.472. The number of nitrogens with zero attached hydrogens (tertiary/aromatic N) is 1. The van der Waals surface area contributed by atoms with Gasteiger partial charge in [0.1, 0.15) is 11.9 Å². The topological polar surface area (TPSA) is 42.4 Å². The van der Waals surface area contributed by atoms with Crippen molar-refractivity contribution in [2.45, 2.75) is 32.5 Å². The smallest absolute Gasteiger partial charge is 0.144 e. The number of hydrogen-bond acceptors (Lipinski definition) is 4. The fraction of sp³-hybridized carbons (Fsp3) is 0.357. The summed E-state index contributed by atoms with van der Waals surface area (Å²) in [5.41, 5.74) is 2.94. The molecule has 0 fully saturated rings. The molecule has 3 rings (SSSR count). The highest BCUT2D eigenvalue weighted by Gasteiger charge is 2.29. The first-order chi connectivity index (χ1) is 8.63. The molecule has 0 radical (unpaired) electrons. The lowest BCUT2D eigenvalue weighted by atomic mass is 9.96. The normalized spacial score (nSPS) is 22.4. The molecule has 1 aromatic carbocycles. The van der Waals surface area contributed by atoms with Crippen LogP contribution in [0.5, 0.6) is 5.75 Å². The van der Waals surface area contributed by atoms with Gasteiger partial charge in [0, 0.05) is 17.4 Å². The van der Waals surface area contributed by atoms with E-state index in [-0.39, 0.29) is 6.10 Å². The van der Waals surface area contributed by atoms with Gasteiger partial charge in [0.2, 0.25) is 0 Å². The summed E-state index contributed by atoms with van der Waals surface area (Å²) >= 11 is 1.61. The van der Waals surface area contributed by atoms with E-state index in [1.54, 1.807) is 11.3 Å². The van der Waals surface area contributed by atoms with E-state index in [0.717, 1.165) is 27.6 Å². The number of ether oxygens (including phenoxy) is 1. The Morgan fingerprint density at radius 1 is 1.39 bits per heavy atom. The molecule has 2 heterocycles. The van der Waals surface area contributed by atoms with Crippen molar-refractivity contribution >= 4 is 11.3 Å². The van der Waals surface area contributed by atoms with Crippen LogP contribution in [0.15, 0.2) is 23.6 Å². The van der Waals surface area contributed by atoms with E-state index < -0.39 is 6.10 Å². The van der Waals surface area contributed by atoms with Crippen molar-refractivity contribution < 1.29 is 9.84 Å². The van der Waals surface area contributed by atoms with Gasteiger partial charge in [0.05, 0.1) is 16.8 Å². The van der Waals surface area contributed by atoms with Crippen LogP contribution in [-0.4, -0.2) is 10.1 Å². The van der Waals surface area contributed by atoms with Gasteiger partial charge in [-0.05, 0) is 26.0 Å². The number of aliphatic hydroxyl groups is 1. The highest BCUT2D eigenvalue weighted by Crippen LogP contribution is 2.41. The number of aliphatic hydroxyl groups excluding tert-OH is 1. The van der Waals surface area contributed by atoms with Crippen molar-refractivity contribution in [1.29, 1.82) is 0 Å². The van der Waals surface area contributed by atoms with E-state index in [2.05, 4.69) is 4.98 Å². The van der Waals surface area contributed by atoms with Gasteiger partial charge in [-0.25, -0.2) is 4.98 Å². The summed E-state index contributed by atoms with van der Waals surface area (Å²) in [6, 6.07) is 5.92. The fourth-order valence-corrected chi connectivity index (χ4v) is 2.93. The number of aryl methyl sites for hydroxylation is 2. The van der Waals surface area contributed by atoms with Crippen LogP contribution in [0.2, 0.25) is 0 Å². The SMILES string of the molecule is Cc1ccc2c(c1)C(O)CC(c1csc(C)n1)O2. The molecule has 3 nitrogen and oxygen atoms in total. The van der Waals surface area contributed by atoms with E-state index >= 15 is 0 Å². The lowest BCUT2D eigenvalue weighted by molar-refractivity contribution is 0.0638. The number of rotatable bonds is 1. The lowest BCUT2D eigenvalue weighted by Gasteiger charge is -2.29. The third kappa shape index (κ3) is 2.02. The summed E-state index contributed by atoms with van der Waals surface area (Å²) in [6.45, 7) is 3.99. The minimum absolute atomic E-state index is 0.139. The maximum Gasteiger partial charge on any atom is 0.144 e. The molecule has 2 aromatic rings. The van der Waals surface area contributed by atoms with Crippen molar-refractivity contribution in [3.63, 3.8) is 0 Å². The van der Waals surface area contributed by atoms with Crippen LogP contribution in [0, 0.1) is 13.8 Å². The molecule has 1 aliphatic rings. The summed E-state index contributed by atoms with van der Waals surface area (Å²) in [5.74, 6) is 0.773. The molecule has 1 aliphatic heterocycles. The Morgan fingerprint density at radius 3 is 2.94 bits per heavy atom. The summed E-state index contributed by atoms with van der Waals surface area (Å²) in [5, 5.41) is 13.3. The molecule has 0 bridgehead atoms. The first-order valence-electron chi connectivity index (χ1n) is 6.01. The van der Waals surface area contributed by atoms with Gasteiger partial charge in [-0.2, -0.15) is 0 Å². The average Bonchev–Trinajstić information content (AvgIpc) is 2.77. The zero-order valence-electron chi connectivity index (χ0n) is 10.4. The van der Waals surface area contributed by atoms with Crippen molar-refractivity contribution in [2.24, 2.45) is 0 Å². The molecule has 0 saturated carbocycles. The summed E-state index contributed by atoms with van der Waals surface area (Å²) in [6.07, 6.45) is -0.0413. The van der Waals surface area contributed by atoms with Crippen molar-refractivity contribution in [3.8, 4) is 5.75 Å². The zero-order chi connectivity index (χ0) is 12.7. The van der Waals surface area contributed by atoms with Crippen LogP contribution in [-0.2, 0) is 0 Å². The van der Waals surface area contributed by atoms with Crippen LogP contribution in [0.25, 0.3) is 0 Å². The fourth-order valence-electron chi connectivity index (χ4n) is 2.28. The Balaban J connectivity index is 1.94. The molecule has 0 spiro atoms. The van der Waals surface area contributed by atoms with Crippen molar-refractivity contribution in [2.75, 3.05) is 0 Å². The van der Waals surface area contributed by atoms with Gasteiger partial charge in [0.15, 0.2) is 0 Å². The van der Waals surface area contributed by atoms with Gasteiger partial charge in [-0.1, -0.05) is 11.6 Å². The first kappa shape index (κ1) is 11.7. The molecular weight excluding hydrogens is 246 g/mol. The second kappa shape index (κ2) is 4.37. The molecule has 2 unspecified atom stereocenters. The maximum atomic E-state index is 10.2. The van der Waals surface area contributed by atoms with Gasteiger partial charge < -0.3 is 9.84 Å². The number of thiazole rings is 1. The van der Waals surface area contributed by atoms with Gasteiger partial charge in [-0.3, -0.25) is 0 Å². The maximum absolute atomic E-state index is 10.2. The number of hydrogen-bond donors (Lipinski definition) is 1. The van der Waals surface area contributed by atoms with Gasteiger partial charge in [0.25, 0.3) is 0 Å². The summed E-state index contributed by atoms with van der Waals surface area (Å²) in [7, 11) is 0. The molecule has 4 heteroatoms. The van der Waals surface area contributed by atoms with Gasteiger partial charge >= 0.3 is 0 Å². The molecule has 18 heavy (non-hydrogen) atoms. The highest BCUT2D eigenvalue weighted by molar-refractivity contribution is 7.09. The zero-order valence-corrected chi connectivity index (χ0v) is 11.2. The standard InChI is InChI=1S/C14H15NO2S/c1-8-3-4-13-10(5-8)12(16)6-14(17-13)11-7-18-9(2)15-11/h3-5,7,12,14,16H,6H2,1-2H3. The Labute approximate surface area is 110 Å². The number of fused-ring (bicyclic) bond motifs is 1. The molecule has 94 valence electrons. The predicted octanol–water partition coefficient (Wildman–Crippen LogP) is 3.32. The highest BCUT2D eigenvalue weighted by atomic mass is 32.1. The molecule has 0 aliphatic carbocycles. The van der Waals surface area contributed by atoms with Crippen LogP contribution in [0.3, 0.4) is 0 Å². The quantitative estimate of drug-likeness (QED) is 0.856. The van der Waals surface area contributed by atoms with E-state index in [0.29, 0.717) is 6.42 Å². The van der Waals surface area contributed by atoms with E-state index in [9.17, 15) is 5.11 Å². The third-order valence-electron chi connectivity index (χ3n) is 3.20. The molecule has 2 atom stereocenters. The average molecular weight is 261 g/mol. The predicted molar refractivity (Wildman–Crippen MR) is 71.0 cm³/mol. The molecule has 0 saturated heterocycles. The van der Waals surface area contributed by atoms with Crippen LogP contribution < -0.4 is 4.74 Å². The summed E-state index contributed by atoms with van der Waals surface area (Å²) < 4.78 is 5.94. The van der Waals surface area contributed by atoms with Crippen molar-refractivity contribution in [1.82, 2.24) is 4.98 Å². The largest absolute Gasteiger partial charge is 0.484 e. The van der Waals surface area contributed by atoms with Gasteiger partial charge in [-0.15, -0.1) is 11.3 Å². The number of benzene rings is 1. The Morgan fingerprint density at radius 2 is 2.22 bits per heavy atom. The molecule has 1 N–H and O–H groups in total. The Bertz CT molecular complexity index is 579. The van der Waals surface area contributed by atoms with Crippen LogP contribution in [0.1, 0.15) is 40.5 Å². The second-order valence-corrected chi connectivity index (χ2v) is 5.75. The Hall–Kier alpha value is -1.39. The molecular formula is C14H15NO2S. The van der Waals surface area contributed by atoms with Crippen LogP contribution >= 0.6 is 11.3 Å². The van der Waals surface area contributed by atoms with Crippen LogP contribution in [0.4, 0.5) is 0 Å². The van der Waals surface area contributed by atoms with E-state index in [1.165, 1.54) is 0 Å². The number of aromatic nitrogens is 1. The monoisotopic (exact) mass is 261 g/mol. The van der Waals surface area contributed by atoms with Crippen molar-refractivity contribution in [3.05, 3.63) is 45.4 Å². The first-order valence-corrected chi connectivity index (χ1v) is 6.89. The van der Waals surface area contributed by atoms with E-state index in [4.69, 9.17) is 4.74 Å².